The van der Waals surface area contributed by atoms with Gasteiger partial charge >= 0.3 is 0 Å². The summed E-state index contributed by atoms with van der Waals surface area (Å²) in [5.74, 6) is 0. The standard InChI is InChI=1S/C13H19N3O2S3/c1-9-13(5-12(20-9)6-14-3)21(17,18)16(4)7-11-8-19-10(2)15-11/h5,8,14H,6-7H2,1-4H3. The molecule has 1 N–H and O–H groups in total. The first-order chi connectivity index (χ1) is 9.84. The third-order valence-electron chi connectivity index (χ3n) is 3.01. The quantitative estimate of drug-likeness (QED) is 0.873. The number of nitrogens with zero attached hydrogens (tertiary/aromatic N) is 2. The van der Waals surface area contributed by atoms with Crippen LogP contribution in [0.15, 0.2) is 16.3 Å². The number of nitrogens with one attached hydrogen (secondary N) is 1. The minimum absolute atomic E-state index is 0.295. The molecule has 0 bridgehead atoms. The Labute approximate surface area is 133 Å². The zero-order valence-corrected chi connectivity index (χ0v) is 15.0. The highest BCUT2D eigenvalue weighted by atomic mass is 32.2. The molecule has 0 atom stereocenters. The molecule has 21 heavy (non-hydrogen) atoms. The Hall–Kier alpha value is -0.800. The zero-order chi connectivity index (χ0) is 15.6. The Morgan fingerprint density at radius 1 is 1.38 bits per heavy atom. The second-order valence-electron chi connectivity index (χ2n) is 4.78. The molecule has 0 amide bonds. The van der Waals surface area contributed by atoms with Crippen molar-refractivity contribution in [3.05, 3.63) is 31.9 Å². The molecule has 0 spiro atoms. The van der Waals surface area contributed by atoms with Gasteiger partial charge in [0.1, 0.15) is 0 Å². The second-order valence-corrected chi connectivity index (χ2v) is 9.20. The maximum atomic E-state index is 12.7. The number of sulfonamides is 1. The van der Waals surface area contributed by atoms with Gasteiger partial charge in [-0.3, -0.25) is 0 Å². The molecule has 2 aromatic heterocycles. The fraction of sp³-hybridized carbons (Fsp3) is 0.462. The molecule has 116 valence electrons. The first-order valence-electron chi connectivity index (χ1n) is 6.46. The minimum Gasteiger partial charge on any atom is -0.315 e. The van der Waals surface area contributed by atoms with Crippen LogP contribution in [0.1, 0.15) is 20.5 Å². The Kier molecular flexibility index (Phi) is 5.15. The van der Waals surface area contributed by atoms with E-state index in [1.54, 1.807) is 13.1 Å². The predicted molar refractivity (Wildman–Crippen MR) is 87.3 cm³/mol. The first-order valence-corrected chi connectivity index (χ1v) is 9.59. The van der Waals surface area contributed by atoms with Gasteiger partial charge in [-0.25, -0.2) is 13.4 Å². The normalized spacial score (nSPS) is 12.2. The molecule has 2 heterocycles. The van der Waals surface area contributed by atoms with E-state index in [-0.39, 0.29) is 0 Å². The van der Waals surface area contributed by atoms with Crippen molar-refractivity contribution in [2.45, 2.75) is 31.8 Å². The fourth-order valence-electron chi connectivity index (χ4n) is 2.00. The van der Waals surface area contributed by atoms with E-state index in [2.05, 4.69) is 10.3 Å². The highest BCUT2D eigenvalue weighted by Gasteiger charge is 2.25. The molecule has 0 fully saturated rings. The van der Waals surface area contributed by atoms with E-state index in [1.165, 1.54) is 27.0 Å². The van der Waals surface area contributed by atoms with Gasteiger partial charge in [0.25, 0.3) is 0 Å². The van der Waals surface area contributed by atoms with Gasteiger partial charge in [0, 0.05) is 28.7 Å². The Bertz CT molecular complexity index is 719. The summed E-state index contributed by atoms with van der Waals surface area (Å²) in [4.78, 5) is 6.56. The van der Waals surface area contributed by atoms with Crippen LogP contribution in [0.3, 0.4) is 0 Å². The summed E-state index contributed by atoms with van der Waals surface area (Å²) in [6.45, 7) is 4.73. The molecule has 0 aliphatic rings. The fourth-order valence-corrected chi connectivity index (χ4v) is 5.36. The number of hydrogen-bond donors (Lipinski definition) is 1. The maximum Gasteiger partial charge on any atom is 0.244 e. The summed E-state index contributed by atoms with van der Waals surface area (Å²) in [5, 5.41) is 5.88. The Balaban J connectivity index is 2.24. The van der Waals surface area contributed by atoms with Gasteiger partial charge in [-0.2, -0.15) is 4.31 Å². The summed E-state index contributed by atoms with van der Waals surface area (Å²) < 4.78 is 26.7. The van der Waals surface area contributed by atoms with Crippen molar-refractivity contribution >= 4 is 32.7 Å². The van der Waals surface area contributed by atoms with Gasteiger partial charge in [-0.15, -0.1) is 22.7 Å². The largest absolute Gasteiger partial charge is 0.315 e. The number of aromatic nitrogens is 1. The van der Waals surface area contributed by atoms with Crippen LogP contribution in [0.25, 0.3) is 0 Å². The lowest BCUT2D eigenvalue weighted by molar-refractivity contribution is 0.462. The van der Waals surface area contributed by atoms with Gasteiger partial charge in [0.2, 0.25) is 10.0 Å². The van der Waals surface area contributed by atoms with Crippen LogP contribution >= 0.6 is 22.7 Å². The predicted octanol–water partition coefficient (Wildman–Crippen LogP) is 2.36. The van der Waals surface area contributed by atoms with Crippen molar-refractivity contribution in [3.8, 4) is 0 Å². The number of thiophene rings is 1. The molecule has 0 aromatic carbocycles. The maximum absolute atomic E-state index is 12.7. The lowest BCUT2D eigenvalue weighted by Crippen LogP contribution is -2.26. The van der Waals surface area contributed by atoms with Crippen molar-refractivity contribution in [3.63, 3.8) is 0 Å². The van der Waals surface area contributed by atoms with Crippen LogP contribution in [-0.4, -0.2) is 31.8 Å². The molecular formula is C13H19N3O2S3. The van der Waals surface area contributed by atoms with E-state index < -0.39 is 10.0 Å². The number of rotatable bonds is 6. The van der Waals surface area contributed by atoms with Crippen molar-refractivity contribution in [2.75, 3.05) is 14.1 Å². The van der Waals surface area contributed by atoms with E-state index in [0.29, 0.717) is 18.0 Å². The van der Waals surface area contributed by atoms with Gasteiger partial charge in [-0.05, 0) is 27.0 Å². The molecule has 5 nitrogen and oxygen atoms in total. The SMILES string of the molecule is CNCc1cc(S(=O)(=O)N(C)Cc2csc(C)n2)c(C)s1. The molecule has 0 aliphatic carbocycles. The molecule has 0 aliphatic heterocycles. The number of hydrogen-bond acceptors (Lipinski definition) is 6. The minimum atomic E-state index is -3.48. The summed E-state index contributed by atoms with van der Waals surface area (Å²) in [5.41, 5.74) is 0.784. The first kappa shape index (κ1) is 16.6. The van der Waals surface area contributed by atoms with Crippen LogP contribution in [-0.2, 0) is 23.1 Å². The van der Waals surface area contributed by atoms with E-state index in [9.17, 15) is 8.42 Å². The second kappa shape index (κ2) is 6.53. The topological polar surface area (TPSA) is 62.3 Å². The van der Waals surface area contributed by atoms with E-state index in [0.717, 1.165) is 20.5 Å². The molecule has 0 saturated heterocycles. The van der Waals surface area contributed by atoms with Crippen molar-refractivity contribution in [1.82, 2.24) is 14.6 Å². The van der Waals surface area contributed by atoms with Crippen molar-refractivity contribution in [2.24, 2.45) is 0 Å². The lowest BCUT2D eigenvalue weighted by Gasteiger charge is -2.15. The molecule has 0 saturated carbocycles. The molecule has 0 unspecified atom stereocenters. The highest BCUT2D eigenvalue weighted by molar-refractivity contribution is 7.89. The smallest absolute Gasteiger partial charge is 0.244 e. The number of thiazole rings is 1. The summed E-state index contributed by atoms with van der Waals surface area (Å²) in [7, 11) is -0.0322. The molecule has 2 rings (SSSR count). The Morgan fingerprint density at radius 3 is 2.67 bits per heavy atom. The third kappa shape index (κ3) is 3.70. The lowest BCUT2D eigenvalue weighted by atomic mass is 10.4. The van der Waals surface area contributed by atoms with Crippen LogP contribution in [0.4, 0.5) is 0 Å². The zero-order valence-electron chi connectivity index (χ0n) is 12.5. The summed E-state index contributed by atoms with van der Waals surface area (Å²) in [6.07, 6.45) is 0. The van der Waals surface area contributed by atoms with Crippen LogP contribution in [0, 0.1) is 13.8 Å². The average molecular weight is 346 g/mol. The van der Waals surface area contributed by atoms with Gasteiger partial charge in [0.15, 0.2) is 0 Å². The van der Waals surface area contributed by atoms with E-state index >= 15 is 0 Å². The molecule has 0 radical (unpaired) electrons. The van der Waals surface area contributed by atoms with E-state index in [4.69, 9.17) is 0 Å². The summed E-state index contributed by atoms with van der Waals surface area (Å²) in [6, 6.07) is 1.76. The van der Waals surface area contributed by atoms with Gasteiger partial charge in [-0.1, -0.05) is 0 Å². The van der Waals surface area contributed by atoms with Crippen molar-refractivity contribution < 1.29 is 8.42 Å². The van der Waals surface area contributed by atoms with Crippen LogP contribution in [0.5, 0.6) is 0 Å². The van der Waals surface area contributed by atoms with Gasteiger partial charge in [0.05, 0.1) is 22.1 Å². The molecule has 8 heteroatoms. The third-order valence-corrected chi connectivity index (χ3v) is 6.95. The average Bonchev–Trinajstić information content (AvgIpc) is 2.96. The Morgan fingerprint density at radius 2 is 2.10 bits per heavy atom. The molecular weight excluding hydrogens is 326 g/mol. The molecule has 2 aromatic rings. The van der Waals surface area contributed by atoms with Crippen molar-refractivity contribution in [1.29, 1.82) is 0 Å². The van der Waals surface area contributed by atoms with Crippen LogP contribution < -0.4 is 5.32 Å². The van der Waals surface area contributed by atoms with Crippen LogP contribution in [0.2, 0.25) is 0 Å². The highest BCUT2D eigenvalue weighted by Crippen LogP contribution is 2.28. The monoisotopic (exact) mass is 345 g/mol. The number of aryl methyl sites for hydroxylation is 2. The van der Waals surface area contributed by atoms with E-state index in [1.807, 2.05) is 26.3 Å². The van der Waals surface area contributed by atoms with Gasteiger partial charge < -0.3 is 5.32 Å². The summed E-state index contributed by atoms with van der Waals surface area (Å²) >= 11 is 3.04.